The van der Waals surface area contributed by atoms with Gasteiger partial charge in [-0.15, -0.1) is 11.8 Å². The van der Waals surface area contributed by atoms with E-state index in [1.165, 1.54) is 23.9 Å². The number of rotatable bonds is 5. The SMILES string of the molecule is O=C(ON1C(=O)c2ccccc2C1=O)c1cccc(CSc2cc(Cl)cc(Cl)c2)c1. The summed E-state index contributed by atoms with van der Waals surface area (Å²) in [6, 6.07) is 18.4. The molecule has 0 unspecified atom stereocenters. The lowest BCUT2D eigenvalue weighted by Gasteiger charge is -2.13. The van der Waals surface area contributed by atoms with Gasteiger partial charge in [-0.25, -0.2) is 4.79 Å². The third kappa shape index (κ3) is 4.21. The Labute approximate surface area is 186 Å². The summed E-state index contributed by atoms with van der Waals surface area (Å²) in [6.07, 6.45) is 0. The summed E-state index contributed by atoms with van der Waals surface area (Å²) in [5.74, 6) is -1.55. The molecule has 0 atom stereocenters. The molecule has 0 spiro atoms. The topological polar surface area (TPSA) is 63.7 Å². The number of thioether (sulfide) groups is 1. The second-order valence-corrected chi connectivity index (χ2v) is 8.34. The fourth-order valence-electron chi connectivity index (χ4n) is 2.95. The van der Waals surface area contributed by atoms with Gasteiger partial charge >= 0.3 is 5.97 Å². The minimum absolute atomic E-state index is 0.209. The fourth-order valence-corrected chi connectivity index (χ4v) is 4.54. The lowest BCUT2D eigenvalue weighted by molar-refractivity contribution is -0.0584. The van der Waals surface area contributed by atoms with E-state index in [0.717, 1.165) is 10.5 Å². The van der Waals surface area contributed by atoms with E-state index in [9.17, 15) is 14.4 Å². The molecule has 0 aliphatic carbocycles. The van der Waals surface area contributed by atoms with Crippen molar-refractivity contribution in [1.29, 1.82) is 0 Å². The molecular weight excluding hydrogens is 445 g/mol. The van der Waals surface area contributed by atoms with Gasteiger partial charge in [0.1, 0.15) is 0 Å². The monoisotopic (exact) mass is 457 g/mol. The van der Waals surface area contributed by atoms with Crippen molar-refractivity contribution in [3.05, 3.63) is 99.0 Å². The van der Waals surface area contributed by atoms with Crippen LogP contribution in [0.5, 0.6) is 0 Å². The van der Waals surface area contributed by atoms with Crippen LogP contribution in [0.2, 0.25) is 10.0 Å². The van der Waals surface area contributed by atoms with Gasteiger partial charge in [0.2, 0.25) is 0 Å². The molecule has 2 amide bonds. The molecule has 8 heteroatoms. The molecular formula is C22H13Cl2NO4S. The third-order valence-electron chi connectivity index (χ3n) is 4.34. The molecule has 0 saturated carbocycles. The lowest BCUT2D eigenvalue weighted by Crippen LogP contribution is -2.32. The molecule has 3 aromatic carbocycles. The Morgan fingerprint density at radius 3 is 2.13 bits per heavy atom. The van der Waals surface area contributed by atoms with Gasteiger partial charge in [0.15, 0.2) is 0 Å². The molecule has 1 heterocycles. The predicted octanol–water partition coefficient (Wildman–Crippen LogP) is 5.65. The van der Waals surface area contributed by atoms with E-state index in [0.29, 0.717) is 20.9 Å². The average molecular weight is 458 g/mol. The minimum Gasteiger partial charge on any atom is -0.324 e. The molecule has 150 valence electrons. The number of amides is 2. The van der Waals surface area contributed by atoms with Gasteiger partial charge in [-0.3, -0.25) is 9.59 Å². The molecule has 4 rings (SSSR count). The van der Waals surface area contributed by atoms with Crippen LogP contribution in [0.15, 0.2) is 71.6 Å². The molecule has 3 aromatic rings. The van der Waals surface area contributed by atoms with E-state index >= 15 is 0 Å². The summed E-state index contributed by atoms with van der Waals surface area (Å²) < 4.78 is 0. The maximum Gasteiger partial charge on any atom is 0.363 e. The Kier molecular flexibility index (Phi) is 5.81. The van der Waals surface area contributed by atoms with Crippen molar-refractivity contribution in [3.8, 4) is 0 Å². The zero-order chi connectivity index (χ0) is 21.3. The van der Waals surface area contributed by atoms with Crippen molar-refractivity contribution in [2.75, 3.05) is 0 Å². The van der Waals surface area contributed by atoms with Gasteiger partial charge in [-0.2, -0.15) is 0 Å². The van der Waals surface area contributed by atoms with Crippen LogP contribution in [0.4, 0.5) is 0 Å². The number of imide groups is 1. The van der Waals surface area contributed by atoms with Crippen molar-refractivity contribution in [3.63, 3.8) is 0 Å². The minimum atomic E-state index is -0.790. The van der Waals surface area contributed by atoms with Gasteiger partial charge in [-0.05, 0) is 48.0 Å². The first kappa shape index (κ1) is 20.5. The third-order valence-corrected chi connectivity index (χ3v) is 5.82. The largest absolute Gasteiger partial charge is 0.363 e. The highest BCUT2D eigenvalue weighted by molar-refractivity contribution is 7.98. The molecule has 0 radical (unpaired) electrons. The second kappa shape index (κ2) is 8.52. The number of hydroxylamine groups is 2. The Morgan fingerprint density at radius 2 is 1.50 bits per heavy atom. The Balaban J connectivity index is 1.45. The Bertz CT molecular complexity index is 1130. The first-order chi connectivity index (χ1) is 14.4. The molecule has 0 N–H and O–H groups in total. The number of nitrogens with zero attached hydrogens (tertiary/aromatic N) is 1. The van der Waals surface area contributed by atoms with Crippen molar-refractivity contribution in [2.45, 2.75) is 10.6 Å². The molecule has 0 fully saturated rings. The normalized spacial score (nSPS) is 12.8. The van der Waals surface area contributed by atoms with Crippen LogP contribution in [0.25, 0.3) is 0 Å². The van der Waals surface area contributed by atoms with E-state index in [4.69, 9.17) is 28.0 Å². The number of hydrogen-bond acceptors (Lipinski definition) is 5. The number of hydrogen-bond donors (Lipinski definition) is 0. The van der Waals surface area contributed by atoms with Crippen molar-refractivity contribution < 1.29 is 19.2 Å². The van der Waals surface area contributed by atoms with E-state index < -0.39 is 17.8 Å². The predicted molar refractivity (Wildman–Crippen MR) is 115 cm³/mol. The molecule has 0 bridgehead atoms. The van der Waals surface area contributed by atoms with Crippen molar-refractivity contribution in [2.24, 2.45) is 0 Å². The number of carbonyl (C=O) groups excluding carboxylic acids is 3. The Hall–Kier alpha value is -2.80. The second-order valence-electron chi connectivity index (χ2n) is 6.42. The molecule has 0 saturated heterocycles. The van der Waals surface area contributed by atoms with Crippen LogP contribution < -0.4 is 0 Å². The van der Waals surface area contributed by atoms with Gasteiger partial charge in [0.05, 0.1) is 16.7 Å². The van der Waals surface area contributed by atoms with Crippen LogP contribution in [0, 0.1) is 0 Å². The molecule has 0 aromatic heterocycles. The van der Waals surface area contributed by atoms with Gasteiger partial charge in [0.25, 0.3) is 11.8 Å². The van der Waals surface area contributed by atoms with E-state index in [2.05, 4.69) is 0 Å². The summed E-state index contributed by atoms with van der Waals surface area (Å²) in [5.41, 5.74) is 1.50. The molecule has 5 nitrogen and oxygen atoms in total. The zero-order valence-corrected chi connectivity index (χ0v) is 17.6. The first-order valence-corrected chi connectivity index (χ1v) is 10.5. The number of fused-ring (bicyclic) bond motifs is 1. The highest BCUT2D eigenvalue weighted by atomic mass is 35.5. The number of benzene rings is 3. The van der Waals surface area contributed by atoms with E-state index in [1.54, 1.807) is 48.5 Å². The average Bonchev–Trinajstić information content (AvgIpc) is 2.97. The van der Waals surface area contributed by atoms with Gasteiger partial charge < -0.3 is 4.84 Å². The maximum atomic E-state index is 12.5. The van der Waals surface area contributed by atoms with E-state index in [1.807, 2.05) is 6.07 Å². The Morgan fingerprint density at radius 1 is 0.867 bits per heavy atom. The fraction of sp³-hybridized carbons (Fsp3) is 0.0455. The van der Waals surface area contributed by atoms with Gasteiger partial charge in [0, 0.05) is 20.7 Å². The molecule has 1 aliphatic heterocycles. The van der Waals surface area contributed by atoms with E-state index in [-0.39, 0.29) is 16.7 Å². The van der Waals surface area contributed by atoms with Gasteiger partial charge in [-0.1, -0.05) is 52.5 Å². The van der Waals surface area contributed by atoms with Crippen LogP contribution in [0.1, 0.15) is 36.6 Å². The van der Waals surface area contributed by atoms with Crippen LogP contribution in [-0.2, 0) is 10.6 Å². The smallest absolute Gasteiger partial charge is 0.324 e. The molecule has 30 heavy (non-hydrogen) atoms. The summed E-state index contributed by atoms with van der Waals surface area (Å²) in [7, 11) is 0. The quantitative estimate of drug-likeness (QED) is 0.365. The van der Waals surface area contributed by atoms with Crippen LogP contribution in [-0.4, -0.2) is 22.8 Å². The summed E-state index contributed by atoms with van der Waals surface area (Å²) in [5, 5.41) is 1.59. The zero-order valence-electron chi connectivity index (χ0n) is 15.3. The highest BCUT2D eigenvalue weighted by Gasteiger charge is 2.38. The standard InChI is InChI=1S/C22H13Cl2NO4S/c23-15-9-16(24)11-17(10-15)30-12-13-4-3-5-14(8-13)22(28)29-25-20(26)18-6-1-2-7-19(18)21(25)27/h1-11H,12H2. The van der Waals surface area contributed by atoms with Crippen molar-refractivity contribution in [1.82, 2.24) is 5.06 Å². The highest BCUT2D eigenvalue weighted by Crippen LogP contribution is 2.29. The first-order valence-electron chi connectivity index (χ1n) is 8.80. The van der Waals surface area contributed by atoms with Crippen LogP contribution in [0.3, 0.4) is 0 Å². The number of halogens is 2. The summed E-state index contributed by atoms with van der Waals surface area (Å²) in [6.45, 7) is 0. The summed E-state index contributed by atoms with van der Waals surface area (Å²) in [4.78, 5) is 43.3. The number of carbonyl (C=O) groups is 3. The maximum absolute atomic E-state index is 12.5. The molecule has 1 aliphatic rings. The van der Waals surface area contributed by atoms with Crippen molar-refractivity contribution >= 4 is 52.7 Å². The lowest BCUT2D eigenvalue weighted by atomic mass is 10.1. The van der Waals surface area contributed by atoms with Crippen LogP contribution >= 0.6 is 35.0 Å². The summed E-state index contributed by atoms with van der Waals surface area (Å²) >= 11 is 13.5.